The van der Waals surface area contributed by atoms with Gasteiger partial charge in [0.25, 0.3) is 0 Å². The fraction of sp³-hybridized carbons (Fsp3) is 0.350. The minimum Gasteiger partial charge on any atom is -0.493 e. The van der Waals surface area contributed by atoms with Gasteiger partial charge in [-0.15, -0.1) is 0 Å². The molecule has 0 spiro atoms. The molecule has 0 aliphatic carbocycles. The molecule has 8 heteroatoms. The van der Waals surface area contributed by atoms with Gasteiger partial charge in [-0.25, -0.2) is 4.79 Å². The summed E-state index contributed by atoms with van der Waals surface area (Å²) in [6.07, 6.45) is -0.404. The van der Waals surface area contributed by atoms with Crippen LogP contribution in [-0.4, -0.2) is 45.0 Å². The SMILES string of the molecule is [2H]C([2H])([2H])C([2H])([2H])O[C@@H](Cc1ccc(OCCc2ccc(OS(C)(=O)=O)cc2)cc1)C(=O)O. The van der Waals surface area contributed by atoms with Crippen molar-refractivity contribution in [3.8, 4) is 11.5 Å². The third kappa shape index (κ3) is 7.58. The molecule has 2 aromatic carbocycles. The van der Waals surface area contributed by atoms with E-state index in [2.05, 4.69) is 0 Å². The highest BCUT2D eigenvalue weighted by Crippen LogP contribution is 2.17. The summed E-state index contributed by atoms with van der Waals surface area (Å²) < 4.78 is 73.7. The summed E-state index contributed by atoms with van der Waals surface area (Å²) in [5, 5.41) is 9.28. The highest BCUT2D eigenvalue weighted by Gasteiger charge is 2.17. The minimum atomic E-state index is -3.58. The van der Waals surface area contributed by atoms with Gasteiger partial charge >= 0.3 is 16.1 Å². The lowest BCUT2D eigenvalue weighted by molar-refractivity contribution is -0.149. The lowest BCUT2D eigenvalue weighted by Crippen LogP contribution is -2.26. The van der Waals surface area contributed by atoms with E-state index >= 15 is 0 Å². The summed E-state index contributed by atoms with van der Waals surface area (Å²) in [6, 6.07) is 12.9. The molecular weight excluding hydrogens is 384 g/mol. The summed E-state index contributed by atoms with van der Waals surface area (Å²) in [7, 11) is -3.58. The molecular formula is C20H24O7S. The molecule has 0 saturated carbocycles. The summed E-state index contributed by atoms with van der Waals surface area (Å²) in [4.78, 5) is 11.4. The fourth-order valence-corrected chi connectivity index (χ4v) is 2.82. The Balaban J connectivity index is 1.89. The molecule has 0 amide bonds. The molecule has 0 aliphatic heterocycles. The van der Waals surface area contributed by atoms with Crippen molar-refractivity contribution in [2.45, 2.75) is 25.8 Å². The predicted molar refractivity (Wildman–Crippen MR) is 104 cm³/mol. The zero-order chi connectivity index (χ0) is 24.9. The van der Waals surface area contributed by atoms with Crippen molar-refractivity contribution in [3.05, 3.63) is 59.7 Å². The number of hydrogen-bond acceptors (Lipinski definition) is 6. The van der Waals surface area contributed by atoms with Gasteiger partial charge in [-0.3, -0.25) is 0 Å². The second-order valence-electron chi connectivity index (χ2n) is 5.92. The van der Waals surface area contributed by atoms with E-state index in [0.717, 1.165) is 11.8 Å². The van der Waals surface area contributed by atoms with E-state index in [9.17, 15) is 18.3 Å². The zero-order valence-electron chi connectivity index (χ0n) is 20.1. The van der Waals surface area contributed by atoms with Gasteiger partial charge < -0.3 is 18.8 Å². The van der Waals surface area contributed by atoms with Crippen LogP contribution in [0, 0.1) is 0 Å². The molecule has 1 N–H and O–H groups in total. The van der Waals surface area contributed by atoms with Crippen LogP contribution in [-0.2, 0) is 32.5 Å². The number of benzene rings is 2. The summed E-state index contributed by atoms with van der Waals surface area (Å²) >= 11 is 0. The minimum absolute atomic E-state index is 0.216. The van der Waals surface area contributed by atoms with E-state index in [-0.39, 0.29) is 12.2 Å². The van der Waals surface area contributed by atoms with Gasteiger partial charge in [-0.2, -0.15) is 8.42 Å². The van der Waals surface area contributed by atoms with Gasteiger partial charge in [0, 0.05) is 23.5 Å². The first kappa shape index (κ1) is 15.4. The van der Waals surface area contributed by atoms with Gasteiger partial charge in [0.1, 0.15) is 11.5 Å². The third-order valence-corrected chi connectivity index (χ3v) is 4.15. The van der Waals surface area contributed by atoms with E-state index in [1.165, 1.54) is 0 Å². The Hall–Kier alpha value is -2.58. The molecule has 0 fully saturated rings. The average molecular weight is 414 g/mol. The molecule has 0 heterocycles. The molecule has 0 radical (unpaired) electrons. The van der Waals surface area contributed by atoms with Crippen molar-refractivity contribution in [2.24, 2.45) is 0 Å². The third-order valence-electron chi connectivity index (χ3n) is 3.65. The van der Waals surface area contributed by atoms with Crippen molar-refractivity contribution in [2.75, 3.05) is 19.4 Å². The van der Waals surface area contributed by atoms with Crippen LogP contribution in [0.3, 0.4) is 0 Å². The maximum Gasteiger partial charge on any atom is 0.333 e. The van der Waals surface area contributed by atoms with Crippen molar-refractivity contribution in [1.82, 2.24) is 0 Å². The molecule has 152 valence electrons. The second-order valence-corrected chi connectivity index (χ2v) is 7.50. The predicted octanol–water partition coefficient (Wildman–Crippen LogP) is 2.68. The van der Waals surface area contributed by atoms with Crippen LogP contribution in [0.15, 0.2) is 48.5 Å². The monoisotopic (exact) mass is 413 g/mol. The van der Waals surface area contributed by atoms with Crippen LogP contribution in [0.4, 0.5) is 0 Å². The molecule has 0 unspecified atom stereocenters. The Morgan fingerprint density at radius 2 is 1.71 bits per heavy atom. The number of ether oxygens (including phenoxy) is 2. The molecule has 1 atom stereocenters. The van der Waals surface area contributed by atoms with Crippen LogP contribution in [0.25, 0.3) is 0 Å². The van der Waals surface area contributed by atoms with Crippen LogP contribution in [0.2, 0.25) is 0 Å². The molecule has 7 nitrogen and oxygen atoms in total. The highest BCUT2D eigenvalue weighted by atomic mass is 32.2. The van der Waals surface area contributed by atoms with E-state index < -0.39 is 35.6 Å². The Bertz CT molecular complexity index is 1040. The topological polar surface area (TPSA) is 99.1 Å². The van der Waals surface area contributed by atoms with Crippen molar-refractivity contribution in [3.63, 3.8) is 0 Å². The maximum absolute atomic E-state index is 11.4. The average Bonchev–Trinajstić information content (AvgIpc) is 2.68. The first-order chi connectivity index (χ1) is 15.2. The maximum atomic E-state index is 11.4. The number of carbonyl (C=O) groups is 1. The first-order valence-electron chi connectivity index (χ1n) is 10.8. The fourth-order valence-electron chi connectivity index (χ4n) is 2.36. The van der Waals surface area contributed by atoms with E-state index in [0.29, 0.717) is 24.3 Å². The smallest absolute Gasteiger partial charge is 0.333 e. The number of rotatable bonds is 11. The zero-order valence-corrected chi connectivity index (χ0v) is 15.9. The number of carboxylic acid groups (broad SMARTS) is 1. The number of hydrogen-bond donors (Lipinski definition) is 1. The largest absolute Gasteiger partial charge is 0.493 e. The summed E-state index contributed by atoms with van der Waals surface area (Å²) in [5.41, 5.74) is 1.40. The Kier molecular flexibility index (Phi) is 5.54. The van der Waals surface area contributed by atoms with E-state index in [4.69, 9.17) is 20.5 Å². The second kappa shape index (κ2) is 10.1. The molecule has 2 rings (SSSR count). The Labute approximate surface area is 172 Å². The number of carboxylic acids is 1. The lowest BCUT2D eigenvalue weighted by Gasteiger charge is -2.13. The Morgan fingerprint density at radius 1 is 1.11 bits per heavy atom. The van der Waals surface area contributed by atoms with Gasteiger partial charge in [-0.1, -0.05) is 24.3 Å². The van der Waals surface area contributed by atoms with Crippen LogP contribution >= 0.6 is 0 Å². The van der Waals surface area contributed by atoms with Gasteiger partial charge in [0.05, 0.1) is 15.6 Å². The normalized spacial score (nSPS) is 16.0. The van der Waals surface area contributed by atoms with Crippen molar-refractivity contribution < 1.29 is 38.8 Å². The number of aliphatic carboxylic acids is 1. The molecule has 28 heavy (non-hydrogen) atoms. The van der Waals surface area contributed by atoms with E-state index in [1.54, 1.807) is 48.5 Å². The standard InChI is InChI=1S/C20H24O7S/c1-3-25-19(20(21)22)14-16-6-8-17(9-7-16)26-13-12-15-4-10-18(11-5-15)27-28(2,23)24/h4-11,19H,3,12-14H2,1-2H3,(H,21,22)/t19-/m0/s1/i1D3,3D2. The molecule has 0 bridgehead atoms. The van der Waals surface area contributed by atoms with Crippen molar-refractivity contribution >= 4 is 16.1 Å². The van der Waals surface area contributed by atoms with Gasteiger partial charge in [0.2, 0.25) is 0 Å². The molecule has 2 aromatic rings. The van der Waals surface area contributed by atoms with Crippen LogP contribution in [0.5, 0.6) is 11.5 Å². The highest BCUT2D eigenvalue weighted by molar-refractivity contribution is 7.86. The van der Waals surface area contributed by atoms with Crippen molar-refractivity contribution in [1.29, 1.82) is 0 Å². The van der Waals surface area contributed by atoms with Crippen LogP contribution < -0.4 is 8.92 Å². The quantitative estimate of drug-likeness (QED) is 0.565. The Morgan fingerprint density at radius 3 is 2.29 bits per heavy atom. The van der Waals surface area contributed by atoms with Gasteiger partial charge in [0.15, 0.2) is 6.10 Å². The van der Waals surface area contributed by atoms with Gasteiger partial charge in [-0.05, 0) is 42.2 Å². The molecule has 0 aliphatic rings. The lowest BCUT2D eigenvalue weighted by atomic mass is 10.1. The summed E-state index contributed by atoms with van der Waals surface area (Å²) in [6.45, 7) is -5.90. The molecule has 0 aromatic heterocycles. The molecule has 0 saturated heterocycles. The van der Waals surface area contributed by atoms with Crippen LogP contribution in [0.1, 0.15) is 24.8 Å². The first-order valence-corrected chi connectivity index (χ1v) is 10.1. The summed E-state index contributed by atoms with van der Waals surface area (Å²) in [5.74, 6) is -0.744. The van der Waals surface area contributed by atoms with E-state index in [1.807, 2.05) is 0 Å².